The molecule has 3 N–H and O–H groups in total. The van der Waals surface area contributed by atoms with Crippen molar-refractivity contribution >= 4 is 12.0 Å². The van der Waals surface area contributed by atoms with Gasteiger partial charge in [0.15, 0.2) is 0 Å². The Hall–Kier alpha value is -1.81. The standard InChI is InChI=1S/C12H21N3O4/c1-4-15(7-9(2)6-13)11(18)14-8-12(3,19)5-10(16)17/h9,19H,4-5,7-8H2,1-3H3,(H,14,18)(H,16,17). The van der Waals surface area contributed by atoms with Crippen LogP contribution in [0.4, 0.5) is 4.79 Å². The van der Waals surface area contributed by atoms with E-state index in [-0.39, 0.29) is 12.5 Å². The first kappa shape index (κ1) is 17.2. The van der Waals surface area contributed by atoms with Crippen LogP contribution in [0.15, 0.2) is 0 Å². The molecule has 7 nitrogen and oxygen atoms in total. The number of urea groups is 1. The summed E-state index contributed by atoms with van der Waals surface area (Å²) < 4.78 is 0. The molecule has 0 bridgehead atoms. The topological polar surface area (TPSA) is 114 Å². The van der Waals surface area contributed by atoms with Crippen molar-refractivity contribution in [2.24, 2.45) is 5.92 Å². The number of carboxylic acid groups (broad SMARTS) is 1. The van der Waals surface area contributed by atoms with Crippen molar-refractivity contribution in [1.82, 2.24) is 10.2 Å². The van der Waals surface area contributed by atoms with E-state index < -0.39 is 24.0 Å². The first-order valence-electron chi connectivity index (χ1n) is 6.08. The van der Waals surface area contributed by atoms with Crippen molar-refractivity contribution in [3.63, 3.8) is 0 Å². The molecule has 0 saturated carbocycles. The molecule has 0 aromatic heterocycles. The van der Waals surface area contributed by atoms with E-state index in [9.17, 15) is 14.7 Å². The zero-order valence-electron chi connectivity index (χ0n) is 11.5. The van der Waals surface area contributed by atoms with E-state index in [0.717, 1.165) is 0 Å². The molecule has 0 radical (unpaired) electrons. The maximum Gasteiger partial charge on any atom is 0.317 e. The van der Waals surface area contributed by atoms with Crippen LogP contribution < -0.4 is 5.32 Å². The molecule has 0 aromatic carbocycles. The fourth-order valence-electron chi connectivity index (χ4n) is 1.49. The average molecular weight is 271 g/mol. The number of rotatable bonds is 7. The van der Waals surface area contributed by atoms with Crippen molar-refractivity contribution < 1.29 is 19.8 Å². The summed E-state index contributed by atoms with van der Waals surface area (Å²) in [4.78, 5) is 23.8. The van der Waals surface area contributed by atoms with E-state index in [1.54, 1.807) is 13.8 Å². The first-order valence-corrected chi connectivity index (χ1v) is 6.08. The molecule has 0 spiro atoms. The van der Waals surface area contributed by atoms with Gasteiger partial charge in [-0.2, -0.15) is 5.26 Å². The van der Waals surface area contributed by atoms with Crippen molar-refractivity contribution in [3.8, 4) is 6.07 Å². The van der Waals surface area contributed by atoms with Gasteiger partial charge in [-0.05, 0) is 20.8 Å². The minimum Gasteiger partial charge on any atom is -0.481 e. The number of nitrogens with one attached hydrogen (secondary N) is 1. The zero-order valence-corrected chi connectivity index (χ0v) is 11.5. The van der Waals surface area contributed by atoms with Crippen LogP contribution in [0.2, 0.25) is 0 Å². The van der Waals surface area contributed by atoms with E-state index in [4.69, 9.17) is 10.4 Å². The minimum atomic E-state index is -1.50. The molecular formula is C12H21N3O4. The average Bonchev–Trinajstić information content (AvgIpc) is 2.31. The number of amides is 2. The molecule has 2 amide bonds. The van der Waals surface area contributed by atoms with E-state index in [1.165, 1.54) is 11.8 Å². The third-order valence-electron chi connectivity index (χ3n) is 2.54. The van der Waals surface area contributed by atoms with Gasteiger partial charge in [0.2, 0.25) is 0 Å². The van der Waals surface area contributed by atoms with Crippen LogP contribution in [0.5, 0.6) is 0 Å². The highest BCUT2D eigenvalue weighted by molar-refractivity contribution is 5.74. The Balaban J connectivity index is 4.35. The third-order valence-corrected chi connectivity index (χ3v) is 2.54. The summed E-state index contributed by atoms with van der Waals surface area (Å²) in [6.07, 6.45) is -0.450. The molecule has 0 fully saturated rings. The number of hydrogen-bond donors (Lipinski definition) is 3. The maximum absolute atomic E-state index is 11.8. The van der Waals surface area contributed by atoms with Crippen LogP contribution >= 0.6 is 0 Å². The molecule has 0 aliphatic heterocycles. The van der Waals surface area contributed by atoms with Gasteiger partial charge in [0.25, 0.3) is 0 Å². The van der Waals surface area contributed by atoms with Crippen molar-refractivity contribution in [1.29, 1.82) is 5.26 Å². The van der Waals surface area contributed by atoms with Gasteiger partial charge in [-0.15, -0.1) is 0 Å². The van der Waals surface area contributed by atoms with E-state index >= 15 is 0 Å². The zero-order chi connectivity index (χ0) is 15.1. The second-order valence-corrected chi connectivity index (χ2v) is 4.79. The molecule has 0 rings (SSSR count). The summed E-state index contributed by atoms with van der Waals surface area (Å²) in [7, 11) is 0. The summed E-state index contributed by atoms with van der Waals surface area (Å²) in [5, 5.41) is 29.5. The van der Waals surface area contributed by atoms with E-state index in [0.29, 0.717) is 13.1 Å². The normalized spacial score (nSPS) is 14.9. The van der Waals surface area contributed by atoms with Crippen LogP contribution in [0, 0.1) is 17.2 Å². The van der Waals surface area contributed by atoms with Gasteiger partial charge in [0.05, 0.1) is 24.0 Å². The summed E-state index contributed by atoms with van der Waals surface area (Å²) in [6, 6.07) is 1.61. The SMILES string of the molecule is CCN(CC(C)C#N)C(=O)NCC(C)(O)CC(=O)O. The number of carbonyl (C=O) groups is 2. The first-order chi connectivity index (χ1) is 8.71. The lowest BCUT2D eigenvalue weighted by atomic mass is 10.0. The molecule has 19 heavy (non-hydrogen) atoms. The highest BCUT2D eigenvalue weighted by Crippen LogP contribution is 2.08. The van der Waals surface area contributed by atoms with Gasteiger partial charge >= 0.3 is 12.0 Å². The predicted molar refractivity (Wildman–Crippen MR) is 68.3 cm³/mol. The molecule has 0 aliphatic rings. The maximum atomic E-state index is 11.8. The van der Waals surface area contributed by atoms with Crippen molar-refractivity contribution in [2.75, 3.05) is 19.6 Å². The molecule has 0 saturated heterocycles. The Bertz CT molecular complexity index is 362. The number of aliphatic hydroxyl groups is 1. The summed E-state index contributed by atoms with van der Waals surface area (Å²) in [5.74, 6) is -1.42. The van der Waals surface area contributed by atoms with Crippen LogP contribution in [-0.4, -0.2) is 52.3 Å². The second-order valence-electron chi connectivity index (χ2n) is 4.79. The summed E-state index contributed by atoms with van der Waals surface area (Å²) in [5.41, 5.74) is -1.50. The predicted octanol–water partition coefficient (Wildman–Crippen LogP) is 0.403. The molecule has 0 heterocycles. The second kappa shape index (κ2) is 7.59. The Morgan fingerprint density at radius 3 is 2.53 bits per heavy atom. The molecule has 0 aromatic rings. The molecule has 108 valence electrons. The van der Waals surface area contributed by atoms with Gasteiger partial charge in [-0.25, -0.2) is 4.79 Å². The van der Waals surface area contributed by atoms with Crippen LogP contribution in [-0.2, 0) is 4.79 Å². The number of carboxylic acids is 1. The Morgan fingerprint density at radius 1 is 1.53 bits per heavy atom. The Morgan fingerprint density at radius 2 is 2.11 bits per heavy atom. The van der Waals surface area contributed by atoms with Crippen LogP contribution in [0.1, 0.15) is 27.2 Å². The highest BCUT2D eigenvalue weighted by Gasteiger charge is 2.26. The summed E-state index contributed by atoms with van der Waals surface area (Å²) in [6.45, 7) is 5.39. The quantitative estimate of drug-likeness (QED) is 0.620. The molecule has 2 unspecified atom stereocenters. The number of nitriles is 1. The van der Waals surface area contributed by atoms with Gasteiger partial charge in [-0.1, -0.05) is 0 Å². The molecular weight excluding hydrogens is 250 g/mol. The lowest BCUT2D eigenvalue weighted by molar-refractivity contribution is -0.141. The number of carbonyl (C=O) groups excluding carboxylic acids is 1. The molecule has 7 heteroatoms. The van der Waals surface area contributed by atoms with Crippen LogP contribution in [0.3, 0.4) is 0 Å². The van der Waals surface area contributed by atoms with Crippen LogP contribution in [0.25, 0.3) is 0 Å². The lowest BCUT2D eigenvalue weighted by Crippen LogP contribution is -2.48. The van der Waals surface area contributed by atoms with Gasteiger partial charge in [-0.3, -0.25) is 4.79 Å². The molecule has 2 atom stereocenters. The van der Waals surface area contributed by atoms with E-state index in [1.807, 2.05) is 6.07 Å². The fraction of sp³-hybridized carbons (Fsp3) is 0.750. The number of hydrogen-bond acceptors (Lipinski definition) is 4. The number of aliphatic carboxylic acids is 1. The highest BCUT2D eigenvalue weighted by atomic mass is 16.4. The lowest BCUT2D eigenvalue weighted by Gasteiger charge is -2.26. The Labute approximate surface area is 112 Å². The fourth-order valence-corrected chi connectivity index (χ4v) is 1.49. The van der Waals surface area contributed by atoms with Crippen molar-refractivity contribution in [2.45, 2.75) is 32.8 Å². The smallest absolute Gasteiger partial charge is 0.317 e. The van der Waals surface area contributed by atoms with E-state index in [2.05, 4.69) is 5.32 Å². The minimum absolute atomic E-state index is 0.157. The monoisotopic (exact) mass is 271 g/mol. The Kier molecular flexibility index (Phi) is 6.86. The number of nitrogens with zero attached hydrogens (tertiary/aromatic N) is 2. The molecule has 0 aliphatic carbocycles. The largest absolute Gasteiger partial charge is 0.481 e. The summed E-state index contributed by atoms with van der Waals surface area (Å²) >= 11 is 0. The van der Waals surface area contributed by atoms with Gasteiger partial charge < -0.3 is 20.4 Å². The van der Waals surface area contributed by atoms with Gasteiger partial charge in [0.1, 0.15) is 0 Å². The third kappa shape index (κ3) is 7.26. The van der Waals surface area contributed by atoms with Crippen molar-refractivity contribution in [3.05, 3.63) is 0 Å². The van der Waals surface area contributed by atoms with Gasteiger partial charge in [0, 0.05) is 19.6 Å².